The number of alkyl halides is 6. The van der Waals surface area contributed by atoms with Gasteiger partial charge in [-0.15, -0.1) is 13.2 Å². The number of hydrogen-bond acceptors (Lipinski definition) is 2. The SMILES string of the molecule is C[N+](C)=C(C=C(NCc1ccccc1)C(F)F)C(F)OC(F)(F)F. The van der Waals surface area contributed by atoms with E-state index in [1.165, 1.54) is 14.1 Å². The van der Waals surface area contributed by atoms with Crippen LogP contribution in [0.4, 0.5) is 26.3 Å². The summed E-state index contributed by atoms with van der Waals surface area (Å²) in [6.07, 6.45) is -10.6. The lowest BCUT2D eigenvalue weighted by atomic mass is 10.2. The molecule has 0 spiro atoms. The number of allylic oxidation sites excluding steroid dienone is 1. The minimum absolute atomic E-state index is 0.00873. The van der Waals surface area contributed by atoms with Crippen molar-refractivity contribution < 1.29 is 35.7 Å². The van der Waals surface area contributed by atoms with E-state index in [2.05, 4.69) is 10.1 Å². The Balaban J connectivity index is 2.96. The van der Waals surface area contributed by atoms with E-state index < -0.39 is 30.6 Å². The van der Waals surface area contributed by atoms with Crippen LogP contribution < -0.4 is 5.32 Å². The largest absolute Gasteiger partial charge is 0.525 e. The molecular formula is C15H17F6N2O+. The molecule has 0 aromatic heterocycles. The van der Waals surface area contributed by atoms with Crippen molar-refractivity contribution in [1.29, 1.82) is 0 Å². The van der Waals surface area contributed by atoms with E-state index in [9.17, 15) is 26.3 Å². The van der Waals surface area contributed by atoms with Crippen molar-refractivity contribution in [2.75, 3.05) is 14.1 Å². The fraction of sp³-hybridized carbons (Fsp3) is 0.400. The molecule has 3 nitrogen and oxygen atoms in total. The van der Waals surface area contributed by atoms with Crippen molar-refractivity contribution in [1.82, 2.24) is 5.32 Å². The maximum Gasteiger partial charge on any atom is 0.525 e. The summed E-state index contributed by atoms with van der Waals surface area (Å²) in [7, 11) is 2.44. The zero-order chi connectivity index (χ0) is 18.3. The highest BCUT2D eigenvalue weighted by Crippen LogP contribution is 2.21. The van der Waals surface area contributed by atoms with Gasteiger partial charge in [0, 0.05) is 12.6 Å². The van der Waals surface area contributed by atoms with Crippen LogP contribution in [0.25, 0.3) is 0 Å². The fourth-order valence-electron chi connectivity index (χ4n) is 1.73. The molecule has 1 aromatic carbocycles. The fourth-order valence-corrected chi connectivity index (χ4v) is 1.73. The van der Waals surface area contributed by atoms with Crippen LogP contribution in [-0.2, 0) is 11.3 Å². The molecule has 0 bridgehead atoms. The van der Waals surface area contributed by atoms with Crippen LogP contribution in [0.15, 0.2) is 42.1 Å². The topological polar surface area (TPSA) is 24.3 Å². The summed E-state index contributed by atoms with van der Waals surface area (Å²) >= 11 is 0. The molecule has 0 heterocycles. The molecule has 0 fully saturated rings. The molecule has 134 valence electrons. The van der Waals surface area contributed by atoms with Gasteiger partial charge in [0.1, 0.15) is 14.1 Å². The van der Waals surface area contributed by atoms with Gasteiger partial charge in [0.25, 0.3) is 12.8 Å². The van der Waals surface area contributed by atoms with Gasteiger partial charge in [-0.3, -0.25) is 0 Å². The van der Waals surface area contributed by atoms with Gasteiger partial charge in [0.05, 0.1) is 5.70 Å². The van der Waals surface area contributed by atoms with E-state index in [0.717, 1.165) is 4.58 Å². The molecule has 1 N–H and O–H groups in total. The van der Waals surface area contributed by atoms with Gasteiger partial charge in [-0.2, -0.15) is 0 Å². The number of benzene rings is 1. The van der Waals surface area contributed by atoms with Gasteiger partial charge in [0.2, 0.25) is 5.71 Å². The van der Waals surface area contributed by atoms with Crippen molar-refractivity contribution >= 4 is 5.71 Å². The zero-order valence-electron chi connectivity index (χ0n) is 12.9. The average Bonchev–Trinajstić information content (AvgIpc) is 2.45. The molecule has 0 saturated heterocycles. The third-order valence-electron chi connectivity index (χ3n) is 2.86. The van der Waals surface area contributed by atoms with Crippen LogP contribution in [0.2, 0.25) is 0 Å². The number of rotatable bonds is 7. The summed E-state index contributed by atoms with van der Waals surface area (Å²) < 4.78 is 80.3. The first-order valence-electron chi connectivity index (χ1n) is 6.80. The Morgan fingerprint density at radius 1 is 1.17 bits per heavy atom. The Morgan fingerprint density at radius 3 is 2.21 bits per heavy atom. The van der Waals surface area contributed by atoms with Crippen molar-refractivity contribution in [2.24, 2.45) is 0 Å². The predicted octanol–water partition coefficient (Wildman–Crippen LogP) is 3.47. The molecule has 0 amide bonds. The second-order valence-electron chi connectivity index (χ2n) is 4.94. The summed E-state index contributed by atoms with van der Waals surface area (Å²) in [4.78, 5) is 0. The van der Waals surface area contributed by atoms with Gasteiger partial charge in [-0.1, -0.05) is 30.3 Å². The highest BCUT2D eigenvalue weighted by atomic mass is 19.4. The molecule has 1 aromatic rings. The molecule has 0 radical (unpaired) electrons. The zero-order valence-corrected chi connectivity index (χ0v) is 12.9. The van der Waals surface area contributed by atoms with Crippen molar-refractivity contribution in [3.63, 3.8) is 0 Å². The number of halogens is 6. The molecule has 0 aliphatic carbocycles. The maximum absolute atomic E-state index is 13.7. The smallest absolute Gasteiger partial charge is 0.379 e. The first-order chi connectivity index (χ1) is 11.1. The Bertz CT molecular complexity index is 579. The lowest BCUT2D eigenvalue weighted by Crippen LogP contribution is -2.32. The summed E-state index contributed by atoms with van der Waals surface area (Å²) in [5, 5.41) is 2.40. The lowest BCUT2D eigenvalue weighted by molar-refractivity contribution is -0.472. The second kappa shape index (κ2) is 8.72. The molecule has 0 aliphatic heterocycles. The van der Waals surface area contributed by atoms with Crippen LogP contribution >= 0.6 is 0 Å². The molecular weight excluding hydrogens is 338 g/mol. The van der Waals surface area contributed by atoms with Crippen LogP contribution in [-0.4, -0.2) is 43.5 Å². The van der Waals surface area contributed by atoms with Gasteiger partial charge in [-0.05, 0) is 5.56 Å². The number of ether oxygens (including phenoxy) is 1. The monoisotopic (exact) mass is 355 g/mol. The third kappa shape index (κ3) is 7.03. The number of nitrogens with zero attached hydrogens (tertiary/aromatic N) is 1. The summed E-state index contributed by atoms with van der Waals surface area (Å²) in [6, 6.07) is 8.51. The van der Waals surface area contributed by atoms with Gasteiger partial charge < -0.3 is 5.32 Å². The van der Waals surface area contributed by atoms with E-state index in [-0.39, 0.29) is 6.54 Å². The quantitative estimate of drug-likeness (QED) is 0.460. The normalized spacial score (nSPS) is 13.8. The van der Waals surface area contributed by atoms with Crippen LogP contribution in [0.3, 0.4) is 0 Å². The van der Waals surface area contributed by atoms with Gasteiger partial charge >= 0.3 is 6.36 Å². The van der Waals surface area contributed by atoms with Crippen LogP contribution in [0.5, 0.6) is 0 Å². The highest BCUT2D eigenvalue weighted by Gasteiger charge is 2.38. The van der Waals surface area contributed by atoms with Gasteiger partial charge in [0.15, 0.2) is 0 Å². The standard InChI is InChI=1S/C15H16F6N2O/c1-23(2)12(14(18)24-15(19,20)21)8-11(13(16)17)22-9-10-6-4-3-5-7-10/h3-8,13-14H,9H2,1-2H3/p+1. The van der Waals surface area contributed by atoms with Crippen molar-refractivity contribution in [3.05, 3.63) is 47.7 Å². The van der Waals surface area contributed by atoms with Gasteiger partial charge in [-0.25, -0.2) is 22.5 Å². The second-order valence-corrected chi connectivity index (χ2v) is 4.94. The van der Waals surface area contributed by atoms with E-state index >= 15 is 0 Å². The van der Waals surface area contributed by atoms with Crippen molar-refractivity contribution in [2.45, 2.75) is 25.7 Å². The van der Waals surface area contributed by atoms with Crippen LogP contribution in [0, 0.1) is 0 Å². The summed E-state index contributed by atoms with van der Waals surface area (Å²) in [6.45, 7) is 0.00873. The molecule has 0 aliphatic rings. The predicted molar refractivity (Wildman–Crippen MR) is 76.5 cm³/mol. The van der Waals surface area contributed by atoms with E-state index in [1.807, 2.05) is 0 Å². The summed E-state index contributed by atoms with van der Waals surface area (Å²) in [5.74, 6) is 0. The highest BCUT2D eigenvalue weighted by molar-refractivity contribution is 5.94. The molecule has 1 atom stereocenters. The minimum Gasteiger partial charge on any atom is -0.379 e. The molecule has 1 rings (SSSR count). The first-order valence-corrected chi connectivity index (χ1v) is 6.80. The minimum atomic E-state index is -5.23. The third-order valence-corrected chi connectivity index (χ3v) is 2.86. The lowest BCUT2D eigenvalue weighted by Gasteiger charge is -2.13. The van der Waals surface area contributed by atoms with E-state index in [0.29, 0.717) is 11.6 Å². The molecule has 24 heavy (non-hydrogen) atoms. The Labute approximate surface area is 135 Å². The molecule has 1 unspecified atom stereocenters. The Hall–Kier alpha value is -2.03. The van der Waals surface area contributed by atoms with Crippen molar-refractivity contribution in [3.8, 4) is 0 Å². The summed E-state index contributed by atoms with van der Waals surface area (Å²) in [5.41, 5.74) is -0.724. The first kappa shape index (κ1) is 20.0. The van der Waals surface area contributed by atoms with Crippen LogP contribution in [0.1, 0.15) is 5.56 Å². The Kier molecular flexibility index (Phi) is 7.27. The number of hydrogen-bond donors (Lipinski definition) is 1. The Morgan fingerprint density at radius 2 is 1.75 bits per heavy atom. The maximum atomic E-state index is 13.7. The van der Waals surface area contributed by atoms with E-state index in [1.54, 1.807) is 30.3 Å². The van der Waals surface area contributed by atoms with E-state index in [4.69, 9.17) is 0 Å². The number of nitrogens with one attached hydrogen (secondary N) is 1. The average molecular weight is 355 g/mol. The molecule has 9 heteroatoms. The molecule has 0 saturated carbocycles.